The number of fused-ring (bicyclic) bond motifs is 2. The molecular formula is C22H20N4O3S2. The van der Waals surface area contributed by atoms with Gasteiger partial charge in [0.1, 0.15) is 0 Å². The van der Waals surface area contributed by atoms with Crippen molar-refractivity contribution in [3.05, 3.63) is 54.2 Å². The maximum atomic E-state index is 12.8. The van der Waals surface area contributed by atoms with Gasteiger partial charge in [-0.3, -0.25) is 4.79 Å². The summed E-state index contributed by atoms with van der Waals surface area (Å²) in [6.45, 7) is 1.55. The van der Waals surface area contributed by atoms with Crippen LogP contribution in [-0.4, -0.2) is 46.3 Å². The molecule has 31 heavy (non-hydrogen) atoms. The van der Waals surface area contributed by atoms with E-state index in [-0.39, 0.29) is 12.2 Å². The second-order valence-electron chi connectivity index (χ2n) is 7.05. The van der Waals surface area contributed by atoms with Gasteiger partial charge in [0.05, 0.1) is 40.7 Å². The Labute approximate surface area is 187 Å². The summed E-state index contributed by atoms with van der Waals surface area (Å²) < 4.78 is 13.2. The number of benzene rings is 2. The fourth-order valence-corrected chi connectivity index (χ4v) is 5.51. The summed E-state index contributed by atoms with van der Waals surface area (Å²) in [4.78, 5) is 17.5. The maximum Gasteiger partial charge on any atom is 0.257 e. The van der Waals surface area contributed by atoms with Crippen molar-refractivity contribution in [3.63, 3.8) is 0 Å². The average molecular weight is 453 g/mol. The van der Waals surface area contributed by atoms with E-state index in [0.29, 0.717) is 11.1 Å². The van der Waals surface area contributed by atoms with Crippen molar-refractivity contribution in [1.29, 1.82) is 0 Å². The molecule has 0 bridgehead atoms. The van der Waals surface area contributed by atoms with Crippen LogP contribution in [0.4, 0.5) is 5.69 Å². The molecule has 158 valence electrons. The maximum absolute atomic E-state index is 12.8. The van der Waals surface area contributed by atoms with E-state index in [2.05, 4.69) is 20.5 Å². The first kappa shape index (κ1) is 20.3. The first-order valence-electron chi connectivity index (χ1n) is 10.0. The Balaban J connectivity index is 1.26. The van der Waals surface area contributed by atoms with Crippen molar-refractivity contribution in [3.8, 4) is 0 Å². The average Bonchev–Trinajstić information content (AvgIpc) is 3.21. The number of hydrogen-bond donors (Lipinski definition) is 1. The summed E-state index contributed by atoms with van der Waals surface area (Å²) in [5.41, 5.74) is 2.84. The van der Waals surface area contributed by atoms with Crippen LogP contribution in [0.2, 0.25) is 0 Å². The molecule has 0 saturated carbocycles. The monoisotopic (exact) mass is 452 g/mol. The zero-order chi connectivity index (χ0) is 21.0. The zero-order valence-corrected chi connectivity index (χ0v) is 18.2. The highest BCUT2D eigenvalue weighted by Crippen LogP contribution is 2.32. The molecule has 1 N–H and O–H groups in total. The summed E-state index contributed by atoms with van der Waals surface area (Å²) in [6.07, 6.45) is 3.21. The van der Waals surface area contributed by atoms with Gasteiger partial charge >= 0.3 is 0 Å². The van der Waals surface area contributed by atoms with Gasteiger partial charge in [-0.15, -0.1) is 11.3 Å². The summed E-state index contributed by atoms with van der Waals surface area (Å²) in [6, 6.07) is 13.2. The first-order valence-corrected chi connectivity index (χ1v) is 11.8. The largest absolute Gasteiger partial charge is 0.353 e. The third kappa shape index (κ3) is 4.69. The predicted molar refractivity (Wildman–Crippen MR) is 123 cm³/mol. The molecule has 2 aromatic heterocycles. The Morgan fingerprint density at radius 2 is 2.03 bits per heavy atom. The number of thiazole rings is 1. The lowest BCUT2D eigenvalue weighted by Gasteiger charge is -2.22. The Kier molecular flexibility index (Phi) is 6.08. The molecule has 1 fully saturated rings. The minimum absolute atomic E-state index is 0.101. The molecule has 1 aliphatic rings. The molecule has 7 nitrogen and oxygen atoms in total. The number of carbonyl (C=O) groups is 1. The van der Waals surface area contributed by atoms with Crippen molar-refractivity contribution in [2.45, 2.75) is 23.5 Å². The highest BCUT2D eigenvalue weighted by Gasteiger charge is 2.15. The third-order valence-corrected chi connectivity index (χ3v) is 7.09. The van der Waals surface area contributed by atoms with Crippen molar-refractivity contribution in [1.82, 2.24) is 15.2 Å². The number of hydrogen-bond acceptors (Lipinski definition) is 8. The molecule has 0 radical (unpaired) electrons. The van der Waals surface area contributed by atoms with Crippen LogP contribution in [0.5, 0.6) is 0 Å². The lowest BCUT2D eigenvalue weighted by Crippen LogP contribution is -2.25. The van der Waals surface area contributed by atoms with Crippen LogP contribution >= 0.6 is 23.1 Å². The molecule has 1 amide bonds. The molecule has 0 unspecified atom stereocenters. The van der Waals surface area contributed by atoms with Gasteiger partial charge in [-0.05, 0) is 30.7 Å². The van der Waals surface area contributed by atoms with Crippen LogP contribution in [-0.2, 0) is 9.47 Å². The van der Waals surface area contributed by atoms with Gasteiger partial charge in [-0.25, -0.2) is 4.98 Å². The van der Waals surface area contributed by atoms with Gasteiger partial charge in [0.2, 0.25) is 0 Å². The van der Waals surface area contributed by atoms with Crippen LogP contribution in [0.25, 0.3) is 21.1 Å². The minimum atomic E-state index is -0.211. The van der Waals surface area contributed by atoms with E-state index < -0.39 is 0 Å². The van der Waals surface area contributed by atoms with Gasteiger partial charge in [0.25, 0.3) is 5.91 Å². The van der Waals surface area contributed by atoms with Gasteiger partial charge in [-0.1, -0.05) is 30.0 Å². The number of nitrogens with zero attached hydrogens (tertiary/aromatic N) is 3. The van der Waals surface area contributed by atoms with E-state index in [4.69, 9.17) is 9.47 Å². The summed E-state index contributed by atoms with van der Waals surface area (Å²) in [7, 11) is 0. The van der Waals surface area contributed by atoms with Gasteiger partial charge in [0, 0.05) is 23.2 Å². The minimum Gasteiger partial charge on any atom is -0.353 e. The lowest BCUT2D eigenvalue weighted by atomic mass is 10.1. The van der Waals surface area contributed by atoms with Crippen LogP contribution in [0.15, 0.2) is 53.0 Å². The molecule has 4 aromatic rings. The molecule has 0 atom stereocenters. The Morgan fingerprint density at radius 1 is 1.16 bits per heavy atom. The predicted octanol–water partition coefficient (Wildman–Crippen LogP) is 4.74. The molecular weight excluding hydrogens is 432 g/mol. The fraction of sp³-hybridized carbons (Fsp3) is 0.273. The highest BCUT2D eigenvalue weighted by atomic mass is 32.2. The third-order valence-electron chi connectivity index (χ3n) is 4.89. The standard InChI is InChI=1S/C22H20N4O3S2/c27-21(16-13-23-26-17-5-2-1-4-15(16)17)24-14-6-7-18-19(12-14)31-22(25-18)30-11-8-20-28-9-3-10-29-20/h1-2,4-7,12-13,20H,3,8-11H2,(H,24,27). The molecule has 9 heteroatoms. The summed E-state index contributed by atoms with van der Waals surface area (Å²) >= 11 is 3.32. The second kappa shape index (κ2) is 9.27. The van der Waals surface area contributed by atoms with Crippen molar-refractivity contribution < 1.29 is 14.3 Å². The highest BCUT2D eigenvalue weighted by molar-refractivity contribution is 8.01. The number of carbonyl (C=O) groups excluding carboxylic acids is 1. The van der Waals surface area contributed by atoms with Crippen molar-refractivity contribution in [2.24, 2.45) is 0 Å². The number of rotatable bonds is 6. The topological polar surface area (TPSA) is 86.2 Å². The first-order chi connectivity index (χ1) is 15.3. The van der Waals surface area contributed by atoms with E-state index in [1.807, 2.05) is 42.5 Å². The van der Waals surface area contributed by atoms with E-state index >= 15 is 0 Å². The molecule has 5 rings (SSSR count). The van der Waals surface area contributed by atoms with Crippen molar-refractivity contribution in [2.75, 3.05) is 24.3 Å². The van der Waals surface area contributed by atoms with Crippen molar-refractivity contribution >= 4 is 55.8 Å². The van der Waals surface area contributed by atoms with E-state index in [0.717, 1.165) is 57.4 Å². The smallest absolute Gasteiger partial charge is 0.257 e. The van der Waals surface area contributed by atoms with Crippen LogP contribution < -0.4 is 5.32 Å². The SMILES string of the molecule is O=C(Nc1ccc2nc(SCCC3OCCCO3)sc2c1)c1cnnc2ccccc12. The van der Waals surface area contributed by atoms with Gasteiger partial charge in [0.15, 0.2) is 10.6 Å². The van der Waals surface area contributed by atoms with Crippen LogP contribution in [0.3, 0.4) is 0 Å². The number of ether oxygens (including phenoxy) is 2. The summed E-state index contributed by atoms with van der Waals surface area (Å²) in [5.74, 6) is 0.674. The molecule has 0 spiro atoms. The second-order valence-corrected chi connectivity index (χ2v) is 9.43. The van der Waals surface area contributed by atoms with Gasteiger partial charge < -0.3 is 14.8 Å². The fourth-order valence-electron chi connectivity index (χ4n) is 3.38. The Morgan fingerprint density at radius 3 is 2.94 bits per heavy atom. The normalized spacial score (nSPS) is 14.8. The molecule has 1 saturated heterocycles. The Hall–Kier alpha value is -2.59. The number of aromatic nitrogens is 3. The van der Waals surface area contributed by atoms with Crippen LogP contribution in [0.1, 0.15) is 23.2 Å². The zero-order valence-electron chi connectivity index (χ0n) is 16.6. The molecule has 0 aliphatic carbocycles. The molecule has 2 aromatic carbocycles. The van der Waals surface area contributed by atoms with E-state index in [1.165, 1.54) is 6.20 Å². The number of thioether (sulfide) groups is 1. The summed E-state index contributed by atoms with van der Waals surface area (Å²) in [5, 5.41) is 11.8. The van der Waals surface area contributed by atoms with E-state index in [9.17, 15) is 4.79 Å². The number of amides is 1. The quantitative estimate of drug-likeness (QED) is 0.423. The van der Waals surface area contributed by atoms with Gasteiger partial charge in [-0.2, -0.15) is 10.2 Å². The van der Waals surface area contributed by atoms with Crippen LogP contribution in [0, 0.1) is 0 Å². The lowest BCUT2D eigenvalue weighted by molar-refractivity contribution is -0.178. The number of nitrogens with one attached hydrogen (secondary N) is 1. The number of anilines is 1. The molecule has 1 aliphatic heterocycles. The Bertz CT molecular complexity index is 1220. The van der Waals surface area contributed by atoms with E-state index in [1.54, 1.807) is 23.1 Å². The molecule has 3 heterocycles.